The predicted molar refractivity (Wildman–Crippen MR) is 116 cm³/mol. The summed E-state index contributed by atoms with van der Waals surface area (Å²) in [5.41, 5.74) is 1.57. The third kappa shape index (κ3) is 4.61. The van der Waals surface area contributed by atoms with E-state index >= 15 is 0 Å². The van der Waals surface area contributed by atoms with Gasteiger partial charge in [-0.3, -0.25) is 9.55 Å². The van der Waals surface area contributed by atoms with Crippen molar-refractivity contribution in [3.8, 4) is 17.1 Å². The minimum absolute atomic E-state index is 0.0532. The van der Waals surface area contributed by atoms with Crippen molar-refractivity contribution >= 4 is 17.4 Å². The molecule has 6 nitrogen and oxygen atoms in total. The molecule has 32 heavy (non-hydrogen) atoms. The molecule has 0 aliphatic carbocycles. The molecule has 0 bridgehead atoms. The summed E-state index contributed by atoms with van der Waals surface area (Å²) in [5.74, 6) is 0.741. The minimum Gasteiger partial charge on any atom is -0.308 e. The molecule has 4 rings (SSSR count). The number of halogens is 3. The SMILES string of the molecule is Cc1ccc(NC(=O)Nc2ccc(-n3ccnc3-c3ccncc3)cc2)cc1C(F)(F)F. The normalized spacial score (nSPS) is 11.2. The van der Waals surface area contributed by atoms with E-state index in [0.29, 0.717) is 5.69 Å². The molecule has 0 spiro atoms. The maximum atomic E-state index is 13.1. The topological polar surface area (TPSA) is 71.8 Å². The fourth-order valence-electron chi connectivity index (χ4n) is 3.23. The van der Waals surface area contributed by atoms with Crippen LogP contribution in [-0.2, 0) is 6.18 Å². The second kappa shape index (κ2) is 8.54. The Morgan fingerprint density at radius 2 is 1.56 bits per heavy atom. The first-order chi connectivity index (χ1) is 15.3. The van der Waals surface area contributed by atoms with E-state index in [0.717, 1.165) is 23.1 Å². The van der Waals surface area contributed by atoms with Gasteiger partial charge >= 0.3 is 12.2 Å². The Labute approximate surface area is 181 Å². The molecule has 4 aromatic rings. The van der Waals surface area contributed by atoms with Gasteiger partial charge in [0.25, 0.3) is 0 Å². The Morgan fingerprint density at radius 3 is 2.25 bits per heavy atom. The zero-order valence-corrected chi connectivity index (χ0v) is 16.9. The number of carbonyl (C=O) groups is 1. The third-order valence-electron chi connectivity index (χ3n) is 4.78. The zero-order valence-electron chi connectivity index (χ0n) is 16.9. The molecule has 0 aliphatic rings. The third-order valence-corrected chi connectivity index (χ3v) is 4.78. The summed E-state index contributed by atoms with van der Waals surface area (Å²) in [4.78, 5) is 20.7. The van der Waals surface area contributed by atoms with Crippen LogP contribution in [-0.4, -0.2) is 20.6 Å². The summed E-state index contributed by atoms with van der Waals surface area (Å²) in [7, 11) is 0. The monoisotopic (exact) mass is 437 g/mol. The highest BCUT2D eigenvalue weighted by atomic mass is 19.4. The average molecular weight is 437 g/mol. The van der Waals surface area contributed by atoms with Gasteiger partial charge in [0, 0.05) is 47.4 Å². The summed E-state index contributed by atoms with van der Waals surface area (Å²) in [5, 5.41) is 5.05. The molecule has 2 aromatic heterocycles. The van der Waals surface area contributed by atoms with Gasteiger partial charge in [-0.25, -0.2) is 9.78 Å². The van der Waals surface area contributed by atoms with Crippen molar-refractivity contribution in [2.24, 2.45) is 0 Å². The number of imidazole rings is 1. The number of rotatable bonds is 4. The van der Waals surface area contributed by atoms with E-state index in [1.165, 1.54) is 19.1 Å². The van der Waals surface area contributed by atoms with E-state index in [2.05, 4.69) is 20.6 Å². The van der Waals surface area contributed by atoms with Crippen molar-refractivity contribution in [2.45, 2.75) is 13.1 Å². The lowest BCUT2D eigenvalue weighted by molar-refractivity contribution is -0.138. The van der Waals surface area contributed by atoms with Crippen molar-refractivity contribution in [1.29, 1.82) is 0 Å². The predicted octanol–water partition coefficient (Wildman–Crippen LogP) is 5.91. The van der Waals surface area contributed by atoms with Crippen LogP contribution in [0.3, 0.4) is 0 Å². The summed E-state index contributed by atoms with van der Waals surface area (Å²) in [6.07, 6.45) is 2.39. The smallest absolute Gasteiger partial charge is 0.308 e. The van der Waals surface area contributed by atoms with Crippen LogP contribution in [0.25, 0.3) is 17.1 Å². The van der Waals surface area contributed by atoms with Crippen molar-refractivity contribution in [3.05, 3.63) is 90.5 Å². The molecule has 9 heteroatoms. The number of pyridine rings is 1. The van der Waals surface area contributed by atoms with Crippen LogP contribution in [0.5, 0.6) is 0 Å². The number of anilines is 2. The van der Waals surface area contributed by atoms with Gasteiger partial charge in [-0.05, 0) is 61.0 Å². The van der Waals surface area contributed by atoms with Crippen molar-refractivity contribution in [1.82, 2.24) is 14.5 Å². The summed E-state index contributed by atoms with van der Waals surface area (Å²) >= 11 is 0. The summed E-state index contributed by atoms with van der Waals surface area (Å²) in [6, 6.07) is 13.7. The molecule has 0 fully saturated rings. The van der Waals surface area contributed by atoms with Crippen LogP contribution in [0.15, 0.2) is 79.4 Å². The Balaban J connectivity index is 1.46. The number of amides is 2. The summed E-state index contributed by atoms with van der Waals surface area (Å²) < 4.78 is 41.1. The maximum absolute atomic E-state index is 13.1. The van der Waals surface area contributed by atoms with Crippen LogP contribution < -0.4 is 10.6 Å². The van der Waals surface area contributed by atoms with Crippen LogP contribution in [0.1, 0.15) is 11.1 Å². The number of urea groups is 1. The Bertz CT molecular complexity index is 1230. The highest BCUT2D eigenvalue weighted by molar-refractivity contribution is 5.99. The fraction of sp³-hybridized carbons (Fsp3) is 0.0870. The van der Waals surface area contributed by atoms with Crippen LogP contribution in [0, 0.1) is 6.92 Å². The van der Waals surface area contributed by atoms with Crippen LogP contribution in [0.2, 0.25) is 0 Å². The van der Waals surface area contributed by atoms with Crippen molar-refractivity contribution in [3.63, 3.8) is 0 Å². The molecular weight excluding hydrogens is 419 g/mol. The summed E-state index contributed by atoms with van der Waals surface area (Å²) in [6.45, 7) is 1.37. The van der Waals surface area contributed by atoms with Crippen molar-refractivity contribution in [2.75, 3.05) is 10.6 Å². The molecule has 0 atom stereocenters. The van der Waals surface area contributed by atoms with E-state index in [1.807, 2.05) is 22.9 Å². The molecule has 2 aromatic carbocycles. The number of alkyl halides is 3. The van der Waals surface area contributed by atoms with Crippen LogP contribution >= 0.6 is 0 Å². The van der Waals surface area contributed by atoms with Gasteiger partial charge in [0.05, 0.1) is 5.56 Å². The standard InChI is InChI=1S/C23H18F3N5O/c1-15-2-3-18(14-20(15)23(24,25)26)30-22(32)29-17-4-6-19(7-5-17)31-13-12-28-21(31)16-8-10-27-11-9-16/h2-14H,1H3,(H2,29,30,32). The first kappa shape index (κ1) is 21.1. The van der Waals surface area contributed by atoms with Gasteiger partial charge in [-0.2, -0.15) is 13.2 Å². The van der Waals surface area contributed by atoms with Gasteiger partial charge in [0.2, 0.25) is 0 Å². The van der Waals surface area contributed by atoms with Gasteiger partial charge in [0.1, 0.15) is 5.82 Å². The Hall–Kier alpha value is -4.14. The van der Waals surface area contributed by atoms with E-state index in [9.17, 15) is 18.0 Å². The number of aromatic nitrogens is 3. The molecule has 2 heterocycles. The maximum Gasteiger partial charge on any atom is 0.416 e. The van der Waals surface area contributed by atoms with Gasteiger partial charge < -0.3 is 10.6 Å². The lowest BCUT2D eigenvalue weighted by Crippen LogP contribution is -2.20. The molecule has 0 saturated heterocycles. The van der Waals surface area contributed by atoms with Gasteiger partial charge in [-0.1, -0.05) is 6.07 Å². The minimum atomic E-state index is -4.49. The van der Waals surface area contributed by atoms with E-state index in [4.69, 9.17) is 0 Å². The van der Waals surface area contributed by atoms with E-state index in [-0.39, 0.29) is 11.3 Å². The Morgan fingerprint density at radius 1 is 0.906 bits per heavy atom. The molecule has 2 N–H and O–H groups in total. The molecule has 0 unspecified atom stereocenters. The Kier molecular flexibility index (Phi) is 5.63. The first-order valence-corrected chi connectivity index (χ1v) is 9.61. The number of hydrogen-bond acceptors (Lipinski definition) is 3. The van der Waals surface area contributed by atoms with Gasteiger partial charge in [0.15, 0.2) is 0 Å². The van der Waals surface area contributed by atoms with Crippen molar-refractivity contribution < 1.29 is 18.0 Å². The average Bonchev–Trinajstić information content (AvgIpc) is 3.25. The van der Waals surface area contributed by atoms with Crippen LogP contribution in [0.4, 0.5) is 29.3 Å². The quantitative estimate of drug-likeness (QED) is 0.417. The number of nitrogens with one attached hydrogen (secondary N) is 2. The molecule has 162 valence electrons. The molecule has 2 amide bonds. The lowest BCUT2D eigenvalue weighted by Gasteiger charge is -2.13. The second-order valence-electron chi connectivity index (χ2n) is 7.01. The van der Waals surface area contributed by atoms with E-state index in [1.54, 1.807) is 42.9 Å². The number of carbonyl (C=O) groups excluding carboxylic acids is 1. The highest BCUT2D eigenvalue weighted by Gasteiger charge is 2.32. The molecular formula is C23H18F3N5O. The largest absolute Gasteiger partial charge is 0.416 e. The molecule has 0 aliphatic heterocycles. The fourth-order valence-corrected chi connectivity index (χ4v) is 3.23. The number of aryl methyl sites for hydroxylation is 1. The molecule has 0 radical (unpaired) electrons. The first-order valence-electron chi connectivity index (χ1n) is 9.61. The highest BCUT2D eigenvalue weighted by Crippen LogP contribution is 2.33. The van der Waals surface area contributed by atoms with E-state index < -0.39 is 17.8 Å². The number of nitrogens with zero attached hydrogens (tertiary/aromatic N) is 3. The van der Waals surface area contributed by atoms with Gasteiger partial charge in [-0.15, -0.1) is 0 Å². The lowest BCUT2D eigenvalue weighted by atomic mass is 10.1. The zero-order chi connectivity index (χ0) is 22.7. The molecule has 0 saturated carbocycles. The number of benzene rings is 2. The second-order valence-corrected chi connectivity index (χ2v) is 7.01. The number of hydrogen-bond donors (Lipinski definition) is 2.